The van der Waals surface area contributed by atoms with Crippen molar-refractivity contribution >= 4 is 23.3 Å². The van der Waals surface area contributed by atoms with Crippen molar-refractivity contribution in [2.75, 3.05) is 5.32 Å². The molecule has 1 aromatic heterocycles. The van der Waals surface area contributed by atoms with Crippen molar-refractivity contribution in [3.63, 3.8) is 0 Å². The van der Waals surface area contributed by atoms with Gasteiger partial charge < -0.3 is 11.1 Å². The summed E-state index contributed by atoms with van der Waals surface area (Å²) in [6.45, 7) is 4.07. The van der Waals surface area contributed by atoms with Crippen molar-refractivity contribution in [3.8, 4) is 0 Å². The number of nitrogens with two attached hydrogens (primary N) is 1. The number of anilines is 1. The monoisotopic (exact) mass is 296 g/mol. The van der Waals surface area contributed by atoms with E-state index in [9.17, 15) is 4.79 Å². The predicted molar refractivity (Wildman–Crippen MR) is 79.7 cm³/mol. The highest BCUT2D eigenvalue weighted by molar-refractivity contribution is 6.29. The van der Waals surface area contributed by atoms with Crippen LogP contribution in [0, 0.1) is 5.92 Å². The number of nitrogens with zero attached hydrogens (tertiary/aromatic N) is 2. The smallest absolute Gasteiger partial charge is 0.220 e. The Morgan fingerprint density at radius 2 is 2.00 bits per heavy atom. The minimum atomic E-state index is -0.185. The predicted octanol–water partition coefficient (Wildman–Crippen LogP) is 2.71. The number of amides is 1. The lowest BCUT2D eigenvalue weighted by molar-refractivity contribution is -0.122. The first-order valence-electron chi connectivity index (χ1n) is 7.06. The van der Waals surface area contributed by atoms with Gasteiger partial charge in [-0.25, -0.2) is 9.97 Å². The Balaban J connectivity index is 1.99. The van der Waals surface area contributed by atoms with Crippen molar-refractivity contribution in [1.82, 2.24) is 9.97 Å². The molecule has 3 N–H and O–H groups in total. The van der Waals surface area contributed by atoms with Gasteiger partial charge in [0.1, 0.15) is 16.8 Å². The third-order valence-corrected chi connectivity index (χ3v) is 3.90. The number of primary amides is 1. The highest BCUT2D eigenvalue weighted by atomic mass is 35.5. The first-order valence-corrected chi connectivity index (χ1v) is 7.44. The zero-order chi connectivity index (χ0) is 14.7. The molecule has 5 nitrogen and oxygen atoms in total. The molecular weight excluding hydrogens is 276 g/mol. The summed E-state index contributed by atoms with van der Waals surface area (Å²) in [6, 6.07) is 2.06. The molecule has 6 heteroatoms. The molecule has 0 atom stereocenters. The van der Waals surface area contributed by atoms with Crippen LogP contribution in [0.5, 0.6) is 0 Å². The zero-order valence-corrected chi connectivity index (χ0v) is 12.7. The summed E-state index contributed by atoms with van der Waals surface area (Å²) < 4.78 is 0. The molecule has 0 bridgehead atoms. The number of aromatic nitrogens is 2. The van der Waals surface area contributed by atoms with E-state index in [-0.39, 0.29) is 17.7 Å². The van der Waals surface area contributed by atoms with Crippen LogP contribution < -0.4 is 11.1 Å². The lowest BCUT2D eigenvalue weighted by atomic mass is 9.85. The first-order chi connectivity index (χ1) is 9.45. The van der Waals surface area contributed by atoms with Crippen LogP contribution in [0.3, 0.4) is 0 Å². The first kappa shape index (κ1) is 15.0. The van der Waals surface area contributed by atoms with E-state index in [0.717, 1.165) is 37.3 Å². The largest absolute Gasteiger partial charge is 0.369 e. The van der Waals surface area contributed by atoms with Crippen molar-refractivity contribution < 1.29 is 4.79 Å². The standard InChI is InChI=1S/C14H21ClN4O/c1-8(2)14-18-11(15)7-12(19-14)17-10-5-3-9(4-6-10)13(16)20/h7-10H,3-6H2,1-2H3,(H2,16,20)(H,17,18,19). The molecule has 0 aromatic carbocycles. The molecule has 1 amide bonds. The topological polar surface area (TPSA) is 80.9 Å². The van der Waals surface area contributed by atoms with Crippen molar-refractivity contribution in [1.29, 1.82) is 0 Å². The fourth-order valence-corrected chi connectivity index (χ4v) is 2.69. The van der Waals surface area contributed by atoms with E-state index < -0.39 is 0 Å². The maximum absolute atomic E-state index is 11.1. The summed E-state index contributed by atoms with van der Waals surface area (Å²) in [4.78, 5) is 19.8. The Labute approximate surface area is 124 Å². The van der Waals surface area contributed by atoms with Gasteiger partial charge in [0.25, 0.3) is 0 Å². The second-order valence-corrected chi connectivity index (χ2v) is 6.07. The molecule has 110 valence electrons. The Morgan fingerprint density at radius 3 is 2.55 bits per heavy atom. The Morgan fingerprint density at radius 1 is 1.35 bits per heavy atom. The Kier molecular flexibility index (Phi) is 4.81. The fraction of sp³-hybridized carbons (Fsp3) is 0.643. The lowest BCUT2D eigenvalue weighted by Crippen LogP contribution is -2.32. The van der Waals surface area contributed by atoms with Crippen molar-refractivity contribution in [2.24, 2.45) is 11.7 Å². The maximum Gasteiger partial charge on any atom is 0.220 e. The molecule has 1 saturated carbocycles. The number of halogens is 1. The van der Waals surface area contributed by atoms with Crippen LogP contribution in [0.25, 0.3) is 0 Å². The van der Waals surface area contributed by atoms with Crippen LogP contribution in [0.2, 0.25) is 5.15 Å². The van der Waals surface area contributed by atoms with Crippen LogP contribution in [0.1, 0.15) is 51.3 Å². The van der Waals surface area contributed by atoms with Crippen LogP contribution in [-0.2, 0) is 4.79 Å². The van der Waals surface area contributed by atoms with Gasteiger partial charge >= 0.3 is 0 Å². The summed E-state index contributed by atoms with van der Waals surface area (Å²) in [7, 11) is 0. The highest BCUT2D eigenvalue weighted by Crippen LogP contribution is 2.26. The molecule has 0 radical (unpaired) electrons. The summed E-state index contributed by atoms with van der Waals surface area (Å²) in [5.41, 5.74) is 5.34. The third-order valence-electron chi connectivity index (χ3n) is 3.71. The molecule has 0 saturated heterocycles. The van der Waals surface area contributed by atoms with Gasteiger partial charge in [-0.2, -0.15) is 0 Å². The summed E-state index contributed by atoms with van der Waals surface area (Å²) in [6.07, 6.45) is 3.52. The van der Waals surface area contributed by atoms with Gasteiger partial charge in [-0.1, -0.05) is 25.4 Å². The third kappa shape index (κ3) is 3.82. The number of hydrogen-bond donors (Lipinski definition) is 2. The Hall–Kier alpha value is -1.36. The molecule has 2 rings (SSSR count). The molecule has 0 spiro atoms. The lowest BCUT2D eigenvalue weighted by Gasteiger charge is -2.27. The van der Waals surface area contributed by atoms with E-state index in [1.54, 1.807) is 6.07 Å². The fourth-order valence-electron chi connectivity index (χ4n) is 2.50. The van der Waals surface area contributed by atoms with Gasteiger partial charge in [-0.05, 0) is 25.7 Å². The van der Waals surface area contributed by atoms with E-state index in [1.807, 2.05) is 13.8 Å². The van der Waals surface area contributed by atoms with E-state index in [0.29, 0.717) is 11.2 Å². The van der Waals surface area contributed by atoms with Gasteiger partial charge in [-0.15, -0.1) is 0 Å². The number of nitrogens with one attached hydrogen (secondary N) is 1. The Bertz CT molecular complexity index is 484. The normalized spacial score (nSPS) is 22.8. The molecule has 0 unspecified atom stereocenters. The van der Waals surface area contributed by atoms with Gasteiger partial charge in [-0.3, -0.25) is 4.79 Å². The van der Waals surface area contributed by atoms with E-state index in [1.165, 1.54) is 0 Å². The summed E-state index contributed by atoms with van der Waals surface area (Å²) in [5.74, 6) is 1.57. The minimum Gasteiger partial charge on any atom is -0.369 e. The van der Waals surface area contributed by atoms with E-state index >= 15 is 0 Å². The molecular formula is C14H21ClN4O. The van der Waals surface area contributed by atoms with Gasteiger partial charge in [0.05, 0.1) is 0 Å². The maximum atomic E-state index is 11.1. The van der Waals surface area contributed by atoms with Crippen LogP contribution in [-0.4, -0.2) is 21.9 Å². The number of rotatable bonds is 4. The average Bonchev–Trinajstić information content (AvgIpc) is 2.38. The number of carbonyl (C=O) groups excluding carboxylic acids is 1. The summed E-state index contributed by atoms with van der Waals surface area (Å²) in [5, 5.41) is 3.84. The zero-order valence-electron chi connectivity index (χ0n) is 11.9. The molecule has 1 aliphatic rings. The molecule has 20 heavy (non-hydrogen) atoms. The van der Waals surface area contributed by atoms with Gasteiger partial charge in [0.15, 0.2) is 0 Å². The van der Waals surface area contributed by atoms with Crippen LogP contribution in [0.4, 0.5) is 5.82 Å². The summed E-state index contributed by atoms with van der Waals surface area (Å²) >= 11 is 6.02. The minimum absolute atomic E-state index is 0.0215. The molecule has 1 fully saturated rings. The second kappa shape index (κ2) is 6.39. The number of carbonyl (C=O) groups is 1. The SMILES string of the molecule is CC(C)c1nc(Cl)cc(NC2CCC(C(N)=O)CC2)n1. The molecule has 1 aromatic rings. The quantitative estimate of drug-likeness (QED) is 0.837. The molecule has 0 aliphatic heterocycles. The van der Waals surface area contributed by atoms with Crippen molar-refractivity contribution in [2.45, 2.75) is 51.5 Å². The molecule has 1 aliphatic carbocycles. The second-order valence-electron chi connectivity index (χ2n) is 5.68. The number of hydrogen-bond acceptors (Lipinski definition) is 4. The van der Waals surface area contributed by atoms with Crippen molar-refractivity contribution in [3.05, 3.63) is 17.0 Å². The van der Waals surface area contributed by atoms with Gasteiger partial charge in [0, 0.05) is 23.9 Å². The highest BCUT2D eigenvalue weighted by Gasteiger charge is 2.24. The average molecular weight is 297 g/mol. The van der Waals surface area contributed by atoms with Crippen LogP contribution >= 0.6 is 11.6 Å². The van der Waals surface area contributed by atoms with Gasteiger partial charge in [0.2, 0.25) is 5.91 Å². The van der Waals surface area contributed by atoms with Crippen LogP contribution in [0.15, 0.2) is 6.07 Å². The van der Waals surface area contributed by atoms with E-state index in [2.05, 4.69) is 15.3 Å². The molecule has 1 heterocycles. The van der Waals surface area contributed by atoms with E-state index in [4.69, 9.17) is 17.3 Å².